The van der Waals surface area contributed by atoms with Gasteiger partial charge in [-0.25, -0.2) is 4.39 Å². The number of aromatic nitrogens is 1. The lowest BCUT2D eigenvalue weighted by Crippen LogP contribution is -2.20. The second-order valence-electron chi connectivity index (χ2n) is 10.1. The van der Waals surface area contributed by atoms with Crippen molar-refractivity contribution in [1.82, 2.24) is 9.88 Å². The topological polar surface area (TPSA) is 83.7 Å². The number of halogens is 1. The molecule has 8 heteroatoms. The van der Waals surface area contributed by atoms with E-state index in [0.717, 1.165) is 30.6 Å². The first-order valence-electron chi connectivity index (χ1n) is 13.4. The van der Waals surface area contributed by atoms with Crippen LogP contribution in [0.25, 0.3) is 21.8 Å². The van der Waals surface area contributed by atoms with E-state index in [4.69, 9.17) is 9.47 Å². The third-order valence-corrected chi connectivity index (χ3v) is 7.17. The summed E-state index contributed by atoms with van der Waals surface area (Å²) in [5.74, 6) is 0.691. The average Bonchev–Trinajstić information content (AvgIpc) is 2.98. The Balaban J connectivity index is 1.20. The number of fused-ring (bicyclic) bond motifs is 2. The van der Waals surface area contributed by atoms with Crippen LogP contribution < -0.4 is 20.2 Å². The minimum Gasteiger partial charge on any atom is -0.493 e. The summed E-state index contributed by atoms with van der Waals surface area (Å²) in [6, 6.07) is 23.3. The lowest BCUT2D eigenvalue weighted by atomic mass is 10.0. The number of hydrogen-bond acceptors (Lipinski definition) is 5. The van der Waals surface area contributed by atoms with Crippen LogP contribution in [0.5, 0.6) is 11.5 Å². The van der Waals surface area contributed by atoms with Crippen LogP contribution in [0.1, 0.15) is 16.7 Å². The summed E-state index contributed by atoms with van der Waals surface area (Å²) in [5.41, 5.74) is 3.94. The number of para-hydroxylation sites is 2. The van der Waals surface area contributed by atoms with Gasteiger partial charge in [-0.05, 0) is 72.6 Å². The third kappa shape index (κ3) is 6.23. The number of benzene rings is 4. The molecule has 0 bridgehead atoms. The largest absolute Gasteiger partial charge is 0.493 e. The van der Waals surface area contributed by atoms with Gasteiger partial charge in [-0.3, -0.25) is 9.59 Å². The van der Waals surface area contributed by atoms with Gasteiger partial charge >= 0.3 is 0 Å². The SMILES string of the molecule is COc1ccc(CN(C)CCc2ccc(NC(=O)Cc3cccc4c(=O)c5cccc(F)c5[nH]c34)cc2)cc1OC. The number of pyridine rings is 1. The number of anilines is 1. The van der Waals surface area contributed by atoms with Gasteiger partial charge < -0.3 is 24.7 Å². The summed E-state index contributed by atoms with van der Waals surface area (Å²) >= 11 is 0. The zero-order valence-corrected chi connectivity index (χ0v) is 23.3. The molecule has 210 valence electrons. The van der Waals surface area contributed by atoms with Gasteiger partial charge in [0, 0.05) is 29.5 Å². The van der Waals surface area contributed by atoms with Crippen molar-refractivity contribution in [3.63, 3.8) is 0 Å². The zero-order valence-electron chi connectivity index (χ0n) is 23.3. The van der Waals surface area contributed by atoms with Crippen molar-refractivity contribution >= 4 is 33.4 Å². The van der Waals surface area contributed by atoms with Crippen LogP contribution in [-0.4, -0.2) is 43.6 Å². The number of ether oxygens (including phenoxy) is 2. The Kier molecular flexibility index (Phi) is 8.31. The molecule has 41 heavy (non-hydrogen) atoms. The van der Waals surface area contributed by atoms with E-state index >= 15 is 0 Å². The minimum atomic E-state index is -0.506. The molecule has 0 saturated heterocycles. The molecule has 0 fully saturated rings. The van der Waals surface area contributed by atoms with Gasteiger partial charge in [0.2, 0.25) is 5.91 Å². The van der Waals surface area contributed by atoms with Crippen molar-refractivity contribution < 1.29 is 18.7 Å². The van der Waals surface area contributed by atoms with Gasteiger partial charge in [0.05, 0.1) is 31.7 Å². The van der Waals surface area contributed by atoms with Crippen LogP contribution in [0.3, 0.4) is 0 Å². The Morgan fingerprint density at radius 2 is 1.56 bits per heavy atom. The maximum atomic E-state index is 14.4. The van der Waals surface area contributed by atoms with E-state index in [-0.39, 0.29) is 28.7 Å². The number of amides is 1. The molecule has 7 nitrogen and oxygen atoms in total. The molecule has 0 spiro atoms. The number of H-pyrrole nitrogens is 1. The fourth-order valence-corrected chi connectivity index (χ4v) is 5.02. The summed E-state index contributed by atoms with van der Waals surface area (Å²) in [5, 5.41) is 3.63. The number of hydrogen-bond donors (Lipinski definition) is 2. The average molecular weight is 554 g/mol. The summed E-state index contributed by atoms with van der Waals surface area (Å²) < 4.78 is 25.1. The molecular weight excluding hydrogens is 521 g/mol. The van der Waals surface area contributed by atoms with Crippen molar-refractivity contribution in [2.75, 3.05) is 33.1 Å². The first-order chi connectivity index (χ1) is 19.9. The molecular formula is C33H32FN3O4. The van der Waals surface area contributed by atoms with Crippen LogP contribution in [-0.2, 0) is 24.2 Å². The summed E-state index contributed by atoms with van der Waals surface area (Å²) in [7, 11) is 5.33. The van der Waals surface area contributed by atoms with Crippen LogP contribution >= 0.6 is 0 Å². The minimum absolute atomic E-state index is 0.0376. The summed E-state index contributed by atoms with van der Waals surface area (Å²) in [4.78, 5) is 31.1. The number of likely N-dealkylation sites (N-methyl/N-ethyl adjacent to an activating group) is 1. The smallest absolute Gasteiger partial charge is 0.228 e. The predicted octanol–water partition coefficient (Wildman–Crippen LogP) is 5.69. The number of aromatic amines is 1. The first kappa shape index (κ1) is 27.9. The molecule has 5 rings (SSSR count). The van der Waals surface area contributed by atoms with Crippen molar-refractivity contribution in [2.45, 2.75) is 19.4 Å². The van der Waals surface area contributed by atoms with Gasteiger partial charge in [0.25, 0.3) is 0 Å². The Labute approximate surface area is 237 Å². The highest BCUT2D eigenvalue weighted by Gasteiger charge is 2.14. The van der Waals surface area contributed by atoms with Gasteiger partial charge in [0.1, 0.15) is 5.82 Å². The highest BCUT2D eigenvalue weighted by Crippen LogP contribution is 2.28. The standard InChI is InChI=1S/C33H32FN3O4/c1-37(20-22-12-15-28(40-2)29(18-22)41-3)17-16-21-10-13-24(14-11-21)35-30(38)19-23-6-4-7-25-31(23)36-32-26(33(25)39)8-5-9-27(32)34/h4-15,18H,16-17,19-20H2,1-3H3,(H,35,38)(H,36,39). The van der Waals surface area contributed by atoms with Gasteiger partial charge in [-0.2, -0.15) is 0 Å². The second-order valence-corrected chi connectivity index (χ2v) is 10.1. The molecule has 0 saturated carbocycles. The first-order valence-corrected chi connectivity index (χ1v) is 13.4. The number of rotatable bonds is 10. The number of carbonyl (C=O) groups excluding carboxylic acids is 1. The van der Waals surface area contributed by atoms with Crippen LogP contribution in [0.15, 0.2) is 83.7 Å². The lowest BCUT2D eigenvalue weighted by molar-refractivity contribution is -0.115. The highest BCUT2D eigenvalue weighted by atomic mass is 19.1. The Morgan fingerprint density at radius 3 is 2.29 bits per heavy atom. The Bertz CT molecular complexity index is 1770. The van der Waals surface area contributed by atoms with Gasteiger partial charge in [0.15, 0.2) is 16.9 Å². The maximum Gasteiger partial charge on any atom is 0.228 e. The molecule has 0 aliphatic rings. The van der Waals surface area contributed by atoms with E-state index in [1.54, 1.807) is 38.5 Å². The summed E-state index contributed by atoms with van der Waals surface area (Å²) in [6.45, 7) is 1.63. The number of carbonyl (C=O) groups is 1. The van der Waals surface area contributed by atoms with Crippen LogP contribution in [0, 0.1) is 5.82 Å². The van der Waals surface area contributed by atoms with Crippen molar-refractivity contribution in [3.05, 3.63) is 112 Å². The van der Waals surface area contributed by atoms with Crippen molar-refractivity contribution in [2.24, 2.45) is 0 Å². The quantitative estimate of drug-likeness (QED) is 0.217. The number of nitrogens with one attached hydrogen (secondary N) is 2. The Morgan fingerprint density at radius 1 is 0.878 bits per heavy atom. The van der Waals surface area contributed by atoms with E-state index in [0.29, 0.717) is 33.7 Å². The molecule has 0 aliphatic carbocycles. The molecule has 1 heterocycles. The van der Waals surface area contributed by atoms with Crippen LogP contribution in [0.2, 0.25) is 0 Å². The zero-order chi connectivity index (χ0) is 28.9. The monoisotopic (exact) mass is 553 g/mol. The molecule has 0 radical (unpaired) electrons. The van der Waals surface area contributed by atoms with Gasteiger partial charge in [-0.15, -0.1) is 0 Å². The van der Waals surface area contributed by atoms with Crippen LogP contribution in [0.4, 0.5) is 10.1 Å². The molecule has 5 aromatic rings. The number of methoxy groups -OCH3 is 2. The lowest BCUT2D eigenvalue weighted by Gasteiger charge is -2.18. The van der Waals surface area contributed by atoms with E-state index < -0.39 is 5.82 Å². The van der Waals surface area contributed by atoms with E-state index in [1.165, 1.54) is 12.1 Å². The summed E-state index contributed by atoms with van der Waals surface area (Å²) in [6.07, 6.45) is 0.891. The predicted molar refractivity (Wildman–Crippen MR) is 160 cm³/mol. The number of nitrogens with zero attached hydrogens (tertiary/aromatic N) is 1. The second kappa shape index (κ2) is 12.2. The molecule has 1 aromatic heterocycles. The molecule has 0 unspecified atom stereocenters. The van der Waals surface area contributed by atoms with Crippen molar-refractivity contribution in [3.8, 4) is 11.5 Å². The molecule has 4 aromatic carbocycles. The third-order valence-electron chi connectivity index (χ3n) is 7.17. The normalized spacial score (nSPS) is 11.2. The molecule has 2 N–H and O–H groups in total. The maximum absolute atomic E-state index is 14.4. The molecule has 0 aliphatic heterocycles. The van der Waals surface area contributed by atoms with E-state index in [2.05, 4.69) is 22.2 Å². The highest BCUT2D eigenvalue weighted by molar-refractivity contribution is 5.98. The van der Waals surface area contributed by atoms with Gasteiger partial charge in [-0.1, -0.05) is 36.4 Å². The van der Waals surface area contributed by atoms with E-state index in [9.17, 15) is 14.0 Å². The van der Waals surface area contributed by atoms with Crippen molar-refractivity contribution in [1.29, 1.82) is 0 Å². The molecule has 0 atom stereocenters. The van der Waals surface area contributed by atoms with E-state index in [1.807, 2.05) is 42.5 Å². The fraction of sp³-hybridized carbons (Fsp3) is 0.212. The Hall–Kier alpha value is -4.69. The fourth-order valence-electron chi connectivity index (χ4n) is 5.02. The molecule has 1 amide bonds.